The van der Waals surface area contributed by atoms with Gasteiger partial charge in [-0.05, 0) is 60.7 Å². The van der Waals surface area contributed by atoms with Crippen LogP contribution in [0.3, 0.4) is 0 Å². The molecule has 1 aliphatic rings. The van der Waals surface area contributed by atoms with Crippen LogP contribution in [0.4, 0.5) is 11.4 Å². The number of carbonyl (C=O) groups excluding carboxylic acids is 2. The van der Waals surface area contributed by atoms with Gasteiger partial charge >= 0.3 is 5.97 Å². The first-order valence-electron chi connectivity index (χ1n) is 12.3. The third-order valence-corrected chi connectivity index (χ3v) is 7.02. The SMILES string of the molecule is COCC(=O)Nc1ccc(N2C(=S)N[C@@H](c3ccccn3)[C@@H]2c2ccc(-c3ccccc3C(=O)OC)o2)cc1Cl. The smallest absolute Gasteiger partial charge is 0.338 e. The number of amides is 1. The first-order valence-corrected chi connectivity index (χ1v) is 13.1. The summed E-state index contributed by atoms with van der Waals surface area (Å²) in [5, 5.41) is 6.87. The molecule has 0 saturated carbocycles. The molecule has 0 aliphatic carbocycles. The van der Waals surface area contributed by atoms with Gasteiger partial charge in [0.15, 0.2) is 5.11 Å². The van der Waals surface area contributed by atoms with E-state index in [2.05, 4.69) is 15.6 Å². The molecule has 2 aromatic heterocycles. The van der Waals surface area contributed by atoms with Crippen LogP contribution in [0.5, 0.6) is 0 Å². The molecule has 0 unspecified atom stereocenters. The number of furan rings is 1. The van der Waals surface area contributed by atoms with Crippen LogP contribution in [-0.4, -0.2) is 42.8 Å². The third kappa shape index (κ3) is 5.42. The number of nitrogens with zero attached hydrogens (tertiary/aromatic N) is 2. The highest BCUT2D eigenvalue weighted by atomic mass is 35.5. The third-order valence-electron chi connectivity index (χ3n) is 6.39. The first-order chi connectivity index (χ1) is 19.4. The van der Waals surface area contributed by atoms with E-state index in [1.54, 1.807) is 36.5 Å². The maximum atomic E-state index is 12.4. The van der Waals surface area contributed by atoms with E-state index in [9.17, 15) is 9.59 Å². The quantitative estimate of drug-likeness (QED) is 0.206. The minimum Gasteiger partial charge on any atom is -0.465 e. The fourth-order valence-electron chi connectivity index (χ4n) is 4.64. The summed E-state index contributed by atoms with van der Waals surface area (Å²) < 4.78 is 16.2. The minimum absolute atomic E-state index is 0.0913. The van der Waals surface area contributed by atoms with Gasteiger partial charge in [-0.25, -0.2) is 4.79 Å². The number of thiocarbonyl (C=S) groups is 1. The van der Waals surface area contributed by atoms with Crippen molar-refractivity contribution >= 4 is 52.2 Å². The lowest BCUT2D eigenvalue weighted by Gasteiger charge is -2.26. The summed E-state index contributed by atoms with van der Waals surface area (Å²) in [6.45, 7) is -0.0913. The highest BCUT2D eigenvalue weighted by Gasteiger charge is 2.43. The molecule has 5 rings (SSSR count). The molecular weight excluding hydrogens is 552 g/mol. The number of pyridine rings is 1. The molecule has 11 heteroatoms. The van der Waals surface area contributed by atoms with Crippen LogP contribution in [-0.2, 0) is 14.3 Å². The zero-order valence-electron chi connectivity index (χ0n) is 21.6. The van der Waals surface area contributed by atoms with Gasteiger partial charge in [0.05, 0.1) is 35.1 Å². The van der Waals surface area contributed by atoms with Crippen LogP contribution in [0.15, 0.2) is 83.4 Å². The number of esters is 1. The molecule has 1 aliphatic heterocycles. The van der Waals surface area contributed by atoms with Crippen molar-refractivity contribution in [3.05, 3.63) is 101 Å². The van der Waals surface area contributed by atoms with Crippen molar-refractivity contribution in [2.24, 2.45) is 0 Å². The first kappa shape index (κ1) is 27.3. The Morgan fingerprint density at radius 1 is 1.10 bits per heavy atom. The fourth-order valence-corrected chi connectivity index (χ4v) is 5.20. The Bertz CT molecular complexity index is 1560. The van der Waals surface area contributed by atoms with Crippen molar-refractivity contribution in [2.75, 3.05) is 31.0 Å². The number of hydrogen-bond donors (Lipinski definition) is 2. The molecule has 3 heterocycles. The Labute approximate surface area is 241 Å². The van der Waals surface area contributed by atoms with Crippen LogP contribution >= 0.6 is 23.8 Å². The van der Waals surface area contributed by atoms with E-state index in [0.717, 1.165) is 5.69 Å². The molecule has 1 amide bonds. The number of hydrogen-bond acceptors (Lipinski definition) is 7. The standard InChI is InChI=1S/C29H25ClN4O5S/c1-37-16-25(35)32-21-11-10-17(15-20(21)30)34-27(26(33-29(34)40)22-9-5-6-14-31-22)24-13-12-23(39-24)18-7-3-4-8-19(18)28(36)38-2/h3-15,26-27H,16H2,1-2H3,(H,32,35)(H,33,40)/t26-,27-/m0/s1. The molecule has 2 N–H and O–H groups in total. The normalized spacial score (nSPS) is 16.5. The van der Waals surface area contributed by atoms with Gasteiger partial charge in [0.2, 0.25) is 5.91 Å². The fraction of sp³-hybridized carbons (Fsp3) is 0.172. The van der Waals surface area contributed by atoms with Crippen LogP contribution in [0.2, 0.25) is 5.02 Å². The summed E-state index contributed by atoms with van der Waals surface area (Å²) >= 11 is 12.3. The van der Waals surface area contributed by atoms with Gasteiger partial charge in [-0.3, -0.25) is 9.78 Å². The lowest BCUT2D eigenvalue weighted by Crippen LogP contribution is -2.29. The van der Waals surface area contributed by atoms with Crippen LogP contribution in [0, 0.1) is 0 Å². The number of halogens is 1. The summed E-state index contributed by atoms with van der Waals surface area (Å²) in [7, 11) is 2.78. The van der Waals surface area contributed by atoms with Crippen molar-refractivity contribution in [3.63, 3.8) is 0 Å². The number of rotatable bonds is 8. The largest absolute Gasteiger partial charge is 0.465 e. The highest BCUT2D eigenvalue weighted by molar-refractivity contribution is 7.80. The van der Waals surface area contributed by atoms with E-state index in [1.165, 1.54) is 14.2 Å². The molecule has 40 heavy (non-hydrogen) atoms. The molecule has 4 aromatic rings. The van der Waals surface area contributed by atoms with Crippen molar-refractivity contribution in [2.45, 2.75) is 12.1 Å². The van der Waals surface area contributed by atoms with Gasteiger partial charge < -0.3 is 29.4 Å². The lowest BCUT2D eigenvalue weighted by atomic mass is 10.0. The van der Waals surface area contributed by atoms with Crippen LogP contribution in [0.1, 0.15) is 33.9 Å². The van der Waals surface area contributed by atoms with Crippen molar-refractivity contribution in [1.82, 2.24) is 10.3 Å². The summed E-state index contributed by atoms with van der Waals surface area (Å²) in [5.74, 6) is 0.311. The van der Waals surface area contributed by atoms with Crippen LogP contribution < -0.4 is 15.5 Å². The van der Waals surface area contributed by atoms with Crippen molar-refractivity contribution < 1.29 is 23.5 Å². The number of ether oxygens (including phenoxy) is 2. The molecule has 2 atom stereocenters. The van der Waals surface area contributed by atoms with Gasteiger partial charge in [-0.15, -0.1) is 0 Å². The van der Waals surface area contributed by atoms with Gasteiger partial charge in [0, 0.05) is 24.6 Å². The second-order valence-electron chi connectivity index (χ2n) is 8.88. The Morgan fingerprint density at radius 2 is 1.90 bits per heavy atom. The number of aromatic nitrogens is 1. The zero-order valence-corrected chi connectivity index (χ0v) is 23.2. The monoisotopic (exact) mass is 576 g/mol. The highest BCUT2D eigenvalue weighted by Crippen LogP contribution is 2.44. The average Bonchev–Trinajstić information content (AvgIpc) is 3.59. The summed E-state index contributed by atoms with van der Waals surface area (Å²) in [5.41, 5.74) is 2.89. The number of benzene rings is 2. The van der Waals surface area contributed by atoms with E-state index >= 15 is 0 Å². The molecule has 1 fully saturated rings. The number of nitrogens with one attached hydrogen (secondary N) is 2. The Balaban J connectivity index is 1.56. The molecule has 9 nitrogen and oxygen atoms in total. The molecule has 0 bridgehead atoms. The number of carbonyl (C=O) groups is 2. The molecule has 2 aromatic carbocycles. The van der Waals surface area contributed by atoms with E-state index < -0.39 is 12.0 Å². The van der Waals surface area contributed by atoms with Gasteiger partial charge in [-0.1, -0.05) is 35.9 Å². The molecule has 0 radical (unpaired) electrons. The maximum Gasteiger partial charge on any atom is 0.338 e. The Morgan fingerprint density at radius 3 is 2.62 bits per heavy atom. The zero-order chi connectivity index (χ0) is 28.2. The summed E-state index contributed by atoms with van der Waals surface area (Å²) in [6.07, 6.45) is 1.72. The molecule has 0 spiro atoms. The number of anilines is 2. The maximum absolute atomic E-state index is 12.4. The second kappa shape index (κ2) is 11.9. The molecular formula is C29H25ClN4O5S. The molecule has 204 valence electrons. The number of methoxy groups -OCH3 is 2. The predicted octanol–water partition coefficient (Wildman–Crippen LogP) is 5.54. The van der Waals surface area contributed by atoms with Crippen molar-refractivity contribution in [3.8, 4) is 11.3 Å². The summed E-state index contributed by atoms with van der Waals surface area (Å²) in [6, 6.07) is 20.8. The van der Waals surface area contributed by atoms with E-state index in [-0.39, 0.29) is 18.6 Å². The molecule has 1 saturated heterocycles. The topological polar surface area (TPSA) is 106 Å². The Kier molecular flexibility index (Phi) is 8.11. The van der Waals surface area contributed by atoms with E-state index in [4.69, 9.17) is 37.7 Å². The Hall–Kier alpha value is -4.25. The van der Waals surface area contributed by atoms with Gasteiger partial charge in [0.1, 0.15) is 24.2 Å². The van der Waals surface area contributed by atoms with Crippen LogP contribution in [0.25, 0.3) is 11.3 Å². The predicted molar refractivity (Wildman–Crippen MR) is 155 cm³/mol. The lowest BCUT2D eigenvalue weighted by molar-refractivity contribution is -0.119. The average molecular weight is 577 g/mol. The van der Waals surface area contributed by atoms with Crippen molar-refractivity contribution in [1.29, 1.82) is 0 Å². The van der Waals surface area contributed by atoms with E-state index in [0.29, 0.717) is 44.2 Å². The van der Waals surface area contributed by atoms with E-state index in [1.807, 2.05) is 47.4 Å². The summed E-state index contributed by atoms with van der Waals surface area (Å²) in [4.78, 5) is 30.9. The second-order valence-corrected chi connectivity index (χ2v) is 9.68. The van der Waals surface area contributed by atoms with Gasteiger partial charge in [0.25, 0.3) is 0 Å². The minimum atomic E-state index is -0.461. The van der Waals surface area contributed by atoms with Gasteiger partial charge in [-0.2, -0.15) is 0 Å².